The van der Waals surface area contributed by atoms with Crippen LogP contribution in [0.25, 0.3) is 0 Å². The lowest BCUT2D eigenvalue weighted by Crippen LogP contribution is -2.26. The number of ether oxygens (including phenoxy) is 1. The lowest BCUT2D eigenvalue weighted by atomic mass is 10.2. The summed E-state index contributed by atoms with van der Waals surface area (Å²) in [4.78, 5) is 13.4. The van der Waals surface area contributed by atoms with Crippen molar-refractivity contribution in [2.75, 3.05) is 29.5 Å². The number of thioether (sulfide) groups is 1. The summed E-state index contributed by atoms with van der Waals surface area (Å²) in [5.41, 5.74) is 2.19. The van der Waals surface area contributed by atoms with Crippen molar-refractivity contribution in [2.45, 2.75) is 16.7 Å². The molecular weight excluding hydrogens is 432 g/mol. The summed E-state index contributed by atoms with van der Waals surface area (Å²) < 4.78 is 32.4. The van der Waals surface area contributed by atoms with Crippen LogP contribution in [-0.2, 0) is 14.8 Å². The number of rotatable bonds is 8. The average Bonchev–Trinajstić information content (AvgIpc) is 2.78. The third-order valence-electron chi connectivity index (χ3n) is 4.60. The summed E-state index contributed by atoms with van der Waals surface area (Å²) in [6.07, 6.45) is 1.97. The van der Waals surface area contributed by atoms with Crippen LogP contribution >= 0.6 is 11.8 Å². The predicted molar refractivity (Wildman–Crippen MR) is 126 cm³/mol. The molecule has 31 heavy (non-hydrogen) atoms. The van der Waals surface area contributed by atoms with E-state index in [4.69, 9.17) is 4.74 Å². The van der Waals surface area contributed by atoms with Gasteiger partial charge in [-0.2, -0.15) is 0 Å². The van der Waals surface area contributed by atoms with Gasteiger partial charge in [0, 0.05) is 17.6 Å². The molecule has 8 heteroatoms. The number of benzene rings is 3. The van der Waals surface area contributed by atoms with Crippen molar-refractivity contribution >= 4 is 39.1 Å². The van der Waals surface area contributed by atoms with Crippen LogP contribution in [-0.4, -0.2) is 34.2 Å². The predicted octanol–water partition coefficient (Wildman–Crippen LogP) is 4.56. The van der Waals surface area contributed by atoms with Crippen molar-refractivity contribution < 1.29 is 17.9 Å². The number of carbonyl (C=O) groups is 1. The second-order valence-electron chi connectivity index (χ2n) is 6.85. The topological polar surface area (TPSA) is 75.7 Å². The number of aryl methyl sites for hydroxylation is 1. The van der Waals surface area contributed by atoms with Gasteiger partial charge in [0.25, 0.3) is 15.9 Å². The van der Waals surface area contributed by atoms with Gasteiger partial charge < -0.3 is 10.1 Å². The smallest absolute Gasteiger partial charge is 0.264 e. The van der Waals surface area contributed by atoms with Crippen molar-refractivity contribution in [1.82, 2.24) is 0 Å². The Balaban J connectivity index is 1.60. The van der Waals surface area contributed by atoms with E-state index in [-0.39, 0.29) is 17.4 Å². The van der Waals surface area contributed by atoms with Crippen LogP contribution in [0.5, 0.6) is 5.75 Å². The van der Waals surface area contributed by atoms with Gasteiger partial charge in [-0.3, -0.25) is 9.10 Å². The van der Waals surface area contributed by atoms with Crippen LogP contribution in [0.15, 0.2) is 82.6 Å². The second-order valence-corrected chi connectivity index (χ2v) is 9.70. The molecule has 0 aliphatic carbocycles. The normalized spacial score (nSPS) is 11.1. The van der Waals surface area contributed by atoms with E-state index in [0.29, 0.717) is 17.1 Å². The third-order valence-corrected chi connectivity index (χ3v) is 7.13. The van der Waals surface area contributed by atoms with E-state index in [1.54, 1.807) is 60.3 Å². The maximum atomic E-state index is 12.8. The number of sulfonamides is 1. The van der Waals surface area contributed by atoms with Crippen molar-refractivity contribution in [3.63, 3.8) is 0 Å². The Morgan fingerprint density at radius 1 is 1.03 bits per heavy atom. The minimum atomic E-state index is -3.66. The van der Waals surface area contributed by atoms with Crippen LogP contribution in [0.3, 0.4) is 0 Å². The molecule has 0 atom stereocenters. The first kappa shape index (κ1) is 22.7. The van der Waals surface area contributed by atoms with Crippen molar-refractivity contribution in [2.24, 2.45) is 0 Å². The van der Waals surface area contributed by atoms with Crippen molar-refractivity contribution in [3.05, 3.63) is 78.4 Å². The lowest BCUT2D eigenvalue weighted by molar-refractivity contribution is -0.118. The van der Waals surface area contributed by atoms with Gasteiger partial charge in [-0.15, -0.1) is 11.8 Å². The van der Waals surface area contributed by atoms with Crippen molar-refractivity contribution in [3.8, 4) is 5.75 Å². The Labute approximate surface area is 187 Å². The molecule has 0 saturated heterocycles. The molecule has 3 aromatic carbocycles. The second kappa shape index (κ2) is 9.89. The molecule has 0 aromatic heterocycles. The highest BCUT2D eigenvalue weighted by atomic mass is 32.2. The third kappa shape index (κ3) is 5.80. The average molecular weight is 457 g/mol. The van der Waals surface area contributed by atoms with E-state index in [0.717, 1.165) is 10.5 Å². The van der Waals surface area contributed by atoms with E-state index in [9.17, 15) is 13.2 Å². The first-order chi connectivity index (χ1) is 14.8. The number of carbonyl (C=O) groups excluding carboxylic acids is 1. The maximum Gasteiger partial charge on any atom is 0.264 e. The summed E-state index contributed by atoms with van der Waals surface area (Å²) in [7, 11) is -2.16. The van der Waals surface area contributed by atoms with Gasteiger partial charge in [-0.1, -0.05) is 23.8 Å². The van der Waals surface area contributed by atoms with Crippen LogP contribution < -0.4 is 14.4 Å². The number of hydrogen-bond acceptors (Lipinski definition) is 5. The number of anilines is 2. The number of nitrogens with one attached hydrogen (secondary N) is 1. The molecule has 1 N–H and O–H groups in total. The molecule has 0 aliphatic heterocycles. The minimum Gasteiger partial charge on any atom is -0.484 e. The van der Waals surface area contributed by atoms with E-state index in [2.05, 4.69) is 5.32 Å². The summed E-state index contributed by atoms with van der Waals surface area (Å²) in [5.74, 6) is 0.194. The van der Waals surface area contributed by atoms with Gasteiger partial charge in [0.1, 0.15) is 5.75 Å². The highest BCUT2D eigenvalue weighted by molar-refractivity contribution is 7.98. The molecule has 1 amide bonds. The zero-order valence-electron chi connectivity index (χ0n) is 17.5. The fourth-order valence-electron chi connectivity index (χ4n) is 2.81. The summed E-state index contributed by atoms with van der Waals surface area (Å²) in [6.45, 7) is 1.75. The van der Waals surface area contributed by atoms with Gasteiger partial charge in [0.05, 0.1) is 10.6 Å². The standard InChI is InChI=1S/C23H24N2O4S2/c1-17-7-13-22(14-8-17)31(27,28)25(2)19-9-11-20(12-10-19)29-16-23(26)24-18-5-4-6-21(15-18)30-3/h4-15H,16H2,1-3H3,(H,24,26). The molecule has 0 bridgehead atoms. The van der Waals surface area contributed by atoms with Gasteiger partial charge in [0.15, 0.2) is 6.61 Å². The Hall–Kier alpha value is -2.97. The van der Waals surface area contributed by atoms with E-state index in [1.807, 2.05) is 37.4 Å². The Kier molecular flexibility index (Phi) is 7.25. The minimum absolute atomic E-state index is 0.152. The molecule has 0 saturated carbocycles. The number of hydrogen-bond donors (Lipinski definition) is 1. The highest BCUT2D eigenvalue weighted by Gasteiger charge is 2.21. The summed E-state index contributed by atoms with van der Waals surface area (Å²) >= 11 is 1.60. The maximum absolute atomic E-state index is 12.8. The Morgan fingerprint density at radius 3 is 2.35 bits per heavy atom. The molecule has 0 unspecified atom stereocenters. The molecular formula is C23H24N2O4S2. The first-order valence-corrected chi connectivity index (χ1v) is 12.2. The number of amides is 1. The molecule has 0 radical (unpaired) electrons. The van der Waals surface area contributed by atoms with Crippen LogP contribution in [0.1, 0.15) is 5.56 Å². The Bertz CT molecular complexity index is 1140. The Morgan fingerprint density at radius 2 is 1.71 bits per heavy atom. The molecule has 0 fully saturated rings. The fourth-order valence-corrected chi connectivity index (χ4v) is 4.46. The zero-order valence-corrected chi connectivity index (χ0v) is 19.2. The summed E-state index contributed by atoms with van der Waals surface area (Å²) in [5, 5.41) is 2.79. The van der Waals surface area contributed by atoms with E-state index in [1.165, 1.54) is 11.4 Å². The first-order valence-electron chi connectivity index (χ1n) is 9.52. The van der Waals surface area contributed by atoms with Gasteiger partial charge >= 0.3 is 0 Å². The van der Waals surface area contributed by atoms with Crippen LogP contribution in [0.2, 0.25) is 0 Å². The zero-order chi connectivity index (χ0) is 22.4. The molecule has 3 rings (SSSR count). The quantitative estimate of drug-likeness (QED) is 0.503. The van der Waals surface area contributed by atoms with Crippen LogP contribution in [0.4, 0.5) is 11.4 Å². The molecule has 3 aromatic rings. The van der Waals surface area contributed by atoms with Crippen molar-refractivity contribution in [1.29, 1.82) is 0 Å². The van der Waals surface area contributed by atoms with Gasteiger partial charge in [-0.05, 0) is 67.8 Å². The molecule has 0 aliphatic rings. The van der Waals surface area contributed by atoms with E-state index >= 15 is 0 Å². The van der Waals surface area contributed by atoms with E-state index < -0.39 is 10.0 Å². The van der Waals surface area contributed by atoms with Crippen LogP contribution in [0, 0.1) is 6.92 Å². The summed E-state index contributed by atoms with van der Waals surface area (Å²) in [6, 6.07) is 20.8. The highest BCUT2D eigenvalue weighted by Crippen LogP contribution is 2.25. The van der Waals surface area contributed by atoms with Gasteiger partial charge in [-0.25, -0.2) is 8.42 Å². The largest absolute Gasteiger partial charge is 0.484 e. The monoisotopic (exact) mass is 456 g/mol. The molecule has 162 valence electrons. The lowest BCUT2D eigenvalue weighted by Gasteiger charge is -2.20. The number of nitrogens with zero attached hydrogens (tertiary/aromatic N) is 1. The molecule has 6 nitrogen and oxygen atoms in total. The fraction of sp³-hybridized carbons (Fsp3) is 0.174. The SMILES string of the molecule is CSc1cccc(NC(=O)COc2ccc(N(C)S(=O)(=O)c3ccc(C)cc3)cc2)c1. The van der Waals surface area contributed by atoms with Gasteiger partial charge in [0.2, 0.25) is 0 Å². The molecule has 0 heterocycles. The molecule has 0 spiro atoms.